The first-order valence-electron chi connectivity index (χ1n) is 6.32. The Bertz CT molecular complexity index is 426. The molecule has 106 valence electrons. The lowest BCUT2D eigenvalue weighted by molar-refractivity contribution is 0.0764. The third-order valence-electron chi connectivity index (χ3n) is 2.82. The van der Waals surface area contributed by atoms with E-state index in [4.69, 9.17) is 4.74 Å². The second-order valence-electron chi connectivity index (χ2n) is 4.18. The van der Waals surface area contributed by atoms with Crippen LogP contribution in [0, 0.1) is 5.82 Å². The number of carbonyl (C=O) groups excluding carboxylic acids is 1. The number of unbranched alkanes of at least 4 members (excludes halogenated alkanes) is 1. The van der Waals surface area contributed by atoms with E-state index in [1.54, 1.807) is 4.90 Å². The average molecular weight is 332 g/mol. The summed E-state index contributed by atoms with van der Waals surface area (Å²) in [5.41, 5.74) is 0.454. The number of ether oxygens (including phenoxy) is 1. The number of amides is 1. The highest BCUT2D eigenvalue weighted by atomic mass is 79.9. The summed E-state index contributed by atoms with van der Waals surface area (Å²) in [5.74, 6) is -0.453. The van der Waals surface area contributed by atoms with Crippen LogP contribution in [-0.4, -0.2) is 36.3 Å². The van der Waals surface area contributed by atoms with Gasteiger partial charge in [0.15, 0.2) is 11.6 Å². The zero-order chi connectivity index (χ0) is 14.3. The van der Waals surface area contributed by atoms with E-state index in [9.17, 15) is 9.18 Å². The van der Waals surface area contributed by atoms with E-state index in [0.717, 1.165) is 18.2 Å². The van der Waals surface area contributed by atoms with Crippen LogP contribution in [0.5, 0.6) is 5.75 Å². The highest BCUT2D eigenvalue weighted by Crippen LogP contribution is 2.19. The number of carbonyl (C=O) groups is 1. The highest BCUT2D eigenvalue weighted by Gasteiger charge is 2.16. The van der Waals surface area contributed by atoms with Gasteiger partial charge in [-0.3, -0.25) is 4.79 Å². The second-order valence-corrected chi connectivity index (χ2v) is 4.98. The van der Waals surface area contributed by atoms with Gasteiger partial charge in [0, 0.05) is 24.0 Å². The number of hydrogen-bond donors (Lipinski definition) is 0. The van der Waals surface area contributed by atoms with Gasteiger partial charge in [0.2, 0.25) is 0 Å². The monoisotopic (exact) mass is 331 g/mol. The molecular weight excluding hydrogens is 313 g/mol. The normalized spacial score (nSPS) is 10.3. The van der Waals surface area contributed by atoms with E-state index >= 15 is 0 Å². The maximum absolute atomic E-state index is 13.3. The first kappa shape index (κ1) is 16.0. The van der Waals surface area contributed by atoms with E-state index in [1.807, 2.05) is 0 Å². The van der Waals surface area contributed by atoms with Crippen molar-refractivity contribution in [3.63, 3.8) is 0 Å². The molecule has 0 aliphatic carbocycles. The minimum Gasteiger partial charge on any atom is -0.494 e. The van der Waals surface area contributed by atoms with Crippen molar-refractivity contribution in [3.8, 4) is 5.75 Å². The minimum atomic E-state index is -0.459. The molecule has 0 saturated carbocycles. The van der Waals surface area contributed by atoms with Crippen LogP contribution in [0.1, 0.15) is 30.1 Å². The van der Waals surface area contributed by atoms with E-state index in [0.29, 0.717) is 18.7 Å². The van der Waals surface area contributed by atoms with Gasteiger partial charge in [0.05, 0.1) is 7.11 Å². The molecule has 0 unspecified atom stereocenters. The number of alkyl halides is 1. The first-order valence-corrected chi connectivity index (χ1v) is 7.45. The van der Waals surface area contributed by atoms with Crippen LogP contribution in [-0.2, 0) is 0 Å². The maximum Gasteiger partial charge on any atom is 0.254 e. The van der Waals surface area contributed by atoms with Crippen LogP contribution in [0.3, 0.4) is 0 Å². The minimum absolute atomic E-state index is 0.0915. The summed E-state index contributed by atoms with van der Waals surface area (Å²) in [7, 11) is 1.39. The molecular formula is C14H19BrFNO2. The lowest BCUT2D eigenvalue weighted by Crippen LogP contribution is -2.33. The third kappa shape index (κ3) is 4.49. The van der Waals surface area contributed by atoms with Crippen LogP contribution in [0.15, 0.2) is 18.2 Å². The summed E-state index contributed by atoms with van der Waals surface area (Å²) in [6, 6.07) is 4.20. The van der Waals surface area contributed by atoms with Crippen LogP contribution in [0.2, 0.25) is 0 Å². The van der Waals surface area contributed by atoms with Gasteiger partial charge >= 0.3 is 0 Å². The molecule has 0 N–H and O–H groups in total. The topological polar surface area (TPSA) is 29.5 Å². The molecule has 0 spiro atoms. The van der Waals surface area contributed by atoms with E-state index < -0.39 is 5.82 Å². The summed E-state index contributed by atoms with van der Waals surface area (Å²) < 4.78 is 18.2. The van der Waals surface area contributed by atoms with Gasteiger partial charge in [-0.15, -0.1) is 0 Å². The third-order valence-corrected chi connectivity index (χ3v) is 3.18. The smallest absolute Gasteiger partial charge is 0.254 e. The molecule has 1 aromatic rings. The molecule has 19 heavy (non-hydrogen) atoms. The van der Waals surface area contributed by atoms with Gasteiger partial charge in [0.25, 0.3) is 5.91 Å². The summed E-state index contributed by atoms with van der Waals surface area (Å²) in [6.07, 6.45) is 1.98. The Morgan fingerprint density at radius 3 is 2.74 bits per heavy atom. The molecule has 1 rings (SSSR count). The Balaban J connectivity index is 2.88. The Morgan fingerprint density at radius 1 is 1.42 bits per heavy atom. The Kier molecular flexibility index (Phi) is 6.84. The number of methoxy groups -OCH3 is 1. The van der Waals surface area contributed by atoms with Crippen LogP contribution >= 0.6 is 15.9 Å². The van der Waals surface area contributed by atoms with Crippen LogP contribution in [0.4, 0.5) is 4.39 Å². The van der Waals surface area contributed by atoms with Crippen molar-refractivity contribution in [1.29, 1.82) is 0 Å². The lowest BCUT2D eigenvalue weighted by atomic mass is 10.1. The summed E-state index contributed by atoms with van der Waals surface area (Å²) >= 11 is 3.34. The molecule has 1 aromatic carbocycles. The fourth-order valence-electron chi connectivity index (χ4n) is 1.74. The summed E-state index contributed by atoms with van der Waals surface area (Å²) in [6.45, 7) is 3.43. The number of hydrogen-bond acceptors (Lipinski definition) is 2. The summed E-state index contributed by atoms with van der Waals surface area (Å²) in [4.78, 5) is 14.1. The SMILES string of the molecule is CCCCN(CCBr)C(=O)c1ccc(F)c(OC)c1. The van der Waals surface area contributed by atoms with Gasteiger partial charge in [-0.2, -0.15) is 0 Å². The predicted molar refractivity (Wildman–Crippen MR) is 77.6 cm³/mol. The van der Waals surface area contributed by atoms with E-state index in [1.165, 1.54) is 25.3 Å². The molecule has 0 aliphatic heterocycles. The number of halogens is 2. The van der Waals surface area contributed by atoms with Crippen LogP contribution in [0.25, 0.3) is 0 Å². The average Bonchev–Trinajstić information content (AvgIpc) is 2.43. The van der Waals surface area contributed by atoms with Crippen molar-refractivity contribution >= 4 is 21.8 Å². The standard InChI is InChI=1S/C14H19BrFNO2/c1-3-4-8-17(9-7-15)14(18)11-5-6-12(16)13(10-11)19-2/h5-6,10H,3-4,7-9H2,1-2H3. The Hall–Kier alpha value is -1.10. The Labute approximate surface area is 121 Å². The zero-order valence-electron chi connectivity index (χ0n) is 11.3. The maximum atomic E-state index is 13.3. The highest BCUT2D eigenvalue weighted by molar-refractivity contribution is 9.09. The van der Waals surface area contributed by atoms with Gasteiger partial charge in [-0.1, -0.05) is 29.3 Å². The summed E-state index contributed by atoms with van der Waals surface area (Å²) in [5, 5.41) is 0.723. The first-order chi connectivity index (χ1) is 9.13. The number of benzene rings is 1. The van der Waals surface area contributed by atoms with Gasteiger partial charge in [-0.25, -0.2) is 4.39 Å². The number of nitrogens with zero attached hydrogens (tertiary/aromatic N) is 1. The zero-order valence-corrected chi connectivity index (χ0v) is 12.9. The van der Waals surface area contributed by atoms with Crippen molar-refractivity contribution < 1.29 is 13.9 Å². The van der Waals surface area contributed by atoms with Crippen molar-refractivity contribution in [2.75, 3.05) is 25.5 Å². The van der Waals surface area contributed by atoms with Gasteiger partial charge < -0.3 is 9.64 Å². The van der Waals surface area contributed by atoms with E-state index in [-0.39, 0.29) is 11.7 Å². The molecule has 0 aliphatic rings. The van der Waals surface area contributed by atoms with Crippen molar-refractivity contribution in [3.05, 3.63) is 29.6 Å². The molecule has 1 amide bonds. The molecule has 0 fully saturated rings. The quantitative estimate of drug-likeness (QED) is 0.716. The second kappa shape index (κ2) is 8.15. The van der Waals surface area contributed by atoms with Gasteiger partial charge in [-0.05, 0) is 24.6 Å². The molecule has 5 heteroatoms. The molecule has 0 saturated heterocycles. The van der Waals surface area contributed by atoms with E-state index in [2.05, 4.69) is 22.9 Å². The predicted octanol–water partition coefficient (Wildman–Crippen LogP) is 3.47. The fourth-order valence-corrected chi connectivity index (χ4v) is 2.17. The fraction of sp³-hybridized carbons (Fsp3) is 0.500. The molecule has 3 nitrogen and oxygen atoms in total. The van der Waals surface area contributed by atoms with Crippen LogP contribution < -0.4 is 4.74 Å². The molecule has 0 atom stereocenters. The number of rotatable bonds is 7. The largest absolute Gasteiger partial charge is 0.494 e. The molecule has 0 radical (unpaired) electrons. The Morgan fingerprint density at radius 2 is 2.16 bits per heavy atom. The lowest BCUT2D eigenvalue weighted by Gasteiger charge is -2.21. The molecule has 0 heterocycles. The van der Waals surface area contributed by atoms with Gasteiger partial charge in [0.1, 0.15) is 0 Å². The van der Waals surface area contributed by atoms with Crippen molar-refractivity contribution in [2.45, 2.75) is 19.8 Å². The van der Waals surface area contributed by atoms with Crippen molar-refractivity contribution in [1.82, 2.24) is 4.90 Å². The molecule has 0 bridgehead atoms. The molecule has 0 aromatic heterocycles. The van der Waals surface area contributed by atoms with Crippen molar-refractivity contribution in [2.24, 2.45) is 0 Å².